The molecule has 0 fully saturated rings. The zero-order valence-corrected chi connectivity index (χ0v) is 31.5. The summed E-state index contributed by atoms with van der Waals surface area (Å²) in [6.07, 6.45) is -1.07. The van der Waals surface area contributed by atoms with Gasteiger partial charge in [-0.25, -0.2) is 0 Å². The minimum atomic E-state index is -0.810. The van der Waals surface area contributed by atoms with Crippen molar-refractivity contribution < 1.29 is 33.2 Å². The van der Waals surface area contributed by atoms with E-state index in [1.54, 1.807) is 12.1 Å². The zero-order chi connectivity index (χ0) is 57.8. The molecule has 0 saturated heterocycles. The highest BCUT2D eigenvalue weighted by molar-refractivity contribution is 6.19. The summed E-state index contributed by atoms with van der Waals surface area (Å²) in [5, 5.41) is 0.738. The van der Waals surface area contributed by atoms with Gasteiger partial charge in [-0.2, -0.15) is 0 Å². The molecule has 1 heteroatoms. The van der Waals surface area contributed by atoms with E-state index in [1.165, 1.54) is 0 Å². The molecule has 0 atom stereocenters. The summed E-state index contributed by atoms with van der Waals surface area (Å²) in [6, 6.07) is 10.7. The lowest BCUT2D eigenvalue weighted by Crippen LogP contribution is -1.97. The van der Waals surface area contributed by atoms with Gasteiger partial charge in [0.2, 0.25) is 0 Å². The van der Waals surface area contributed by atoms with E-state index in [1.807, 2.05) is 66.7 Å². The van der Waals surface area contributed by atoms with Gasteiger partial charge in [0.05, 0.1) is 28.8 Å². The molecule has 1 nitrogen and oxygen atoms in total. The third-order valence-electron chi connectivity index (χ3n) is 11.3. The van der Waals surface area contributed by atoms with Crippen LogP contribution in [-0.2, 0) is 19.3 Å². The van der Waals surface area contributed by atoms with Crippen molar-refractivity contribution in [2.45, 2.75) is 19.3 Å². The third kappa shape index (κ3) is 5.69. The van der Waals surface area contributed by atoms with Gasteiger partial charge in [-0.3, -0.25) is 0 Å². The van der Waals surface area contributed by atoms with Crippen LogP contribution in [0.25, 0.3) is 98.1 Å². The monoisotopic (exact) mass is 785 g/mol. The Morgan fingerprint density at radius 1 is 0.400 bits per heavy atom. The van der Waals surface area contributed by atoms with Crippen LogP contribution in [0.4, 0.5) is 0 Å². The number of aryl methyl sites for hydroxylation is 1. The molecule has 60 heavy (non-hydrogen) atoms. The van der Waals surface area contributed by atoms with E-state index in [2.05, 4.69) is 0 Å². The molecule has 1 aromatic heterocycles. The molecule has 0 spiro atoms. The van der Waals surface area contributed by atoms with Crippen LogP contribution >= 0.6 is 0 Å². The minimum absolute atomic E-state index is 0.00683. The molecule has 0 amide bonds. The van der Waals surface area contributed by atoms with Gasteiger partial charge in [0.15, 0.2) is 0 Å². The van der Waals surface area contributed by atoms with Crippen molar-refractivity contribution in [1.82, 2.24) is 0 Å². The van der Waals surface area contributed by atoms with Gasteiger partial charge in [0.25, 0.3) is 0 Å². The lowest BCUT2D eigenvalue weighted by atomic mass is 9.84. The Labute approximate surface area is 378 Å². The summed E-state index contributed by atoms with van der Waals surface area (Å²) < 4.78 is 198. The van der Waals surface area contributed by atoms with Crippen LogP contribution in [-0.4, -0.2) is 0 Å². The van der Waals surface area contributed by atoms with Gasteiger partial charge < -0.3 is 4.42 Å². The molecule has 12 aromatic rings. The number of hydrogen-bond donors (Lipinski definition) is 0. The van der Waals surface area contributed by atoms with Crippen molar-refractivity contribution in [2.24, 2.45) is 0 Å². The largest absolute Gasteiger partial charge is 0.456 e. The van der Waals surface area contributed by atoms with Crippen molar-refractivity contribution in [3.8, 4) is 22.3 Å². The maximum atomic E-state index is 9.68. The van der Waals surface area contributed by atoms with Crippen LogP contribution in [0.15, 0.2) is 210 Å². The lowest BCUT2D eigenvalue weighted by Gasteiger charge is -2.19. The van der Waals surface area contributed by atoms with Crippen molar-refractivity contribution in [3.63, 3.8) is 0 Å². The molecule has 0 bridgehead atoms. The van der Waals surface area contributed by atoms with E-state index in [4.69, 9.17) is 18.1 Å². The maximum Gasteiger partial charge on any atom is 0.136 e. The molecule has 0 aliphatic rings. The third-order valence-corrected chi connectivity index (χ3v) is 11.3. The normalized spacial score (nSPS) is 16.8. The number of hydrogen-bond acceptors (Lipinski definition) is 1. The first-order valence-electron chi connectivity index (χ1n) is 29.9. The summed E-state index contributed by atoms with van der Waals surface area (Å²) in [5.74, 6) is 0. The average molecular weight is 786 g/mol. The Balaban J connectivity index is 1.14. The first kappa shape index (κ1) is 19.5. The fourth-order valence-corrected chi connectivity index (χ4v) is 8.58. The molecule has 0 N–H and O–H groups in total. The number of rotatable bonds is 7. The van der Waals surface area contributed by atoms with E-state index in [0.29, 0.717) is 22.1 Å². The van der Waals surface area contributed by atoms with Crippen LogP contribution < -0.4 is 0 Å². The van der Waals surface area contributed by atoms with E-state index >= 15 is 0 Å². The second-order valence-corrected chi connectivity index (χ2v) is 14.6. The predicted octanol–water partition coefficient (Wildman–Crippen LogP) is 16.1. The van der Waals surface area contributed by atoms with Gasteiger partial charge in [-0.15, -0.1) is 0 Å². The highest BCUT2D eigenvalue weighted by Crippen LogP contribution is 2.44. The SMILES string of the molecule is [2H]c1c([2H])c([2H])c2c([2H])c(CCc3c4c([2H])c([2H])c([2H])c([2H])c4c(-c4c([2H])c([2H])c([2H])c5c(Cc6ccc7oc8cccc(-c9cccc%10ccccc9%10)c8c7c6)c([2H])c([2H])c([2H])c45)c4c([2H])c([2H])c([2H])c([2H])c34)c([2H])c([2H])c2c1[2H]. The second-order valence-electron chi connectivity index (χ2n) is 14.6. The number of fused-ring (bicyclic) bond motifs is 8. The van der Waals surface area contributed by atoms with Gasteiger partial charge in [0, 0.05) is 10.8 Å². The molecular weight excluding hydrogens is 725 g/mol. The first-order chi connectivity index (χ1) is 38.5. The molecule has 11 aromatic carbocycles. The quantitative estimate of drug-likeness (QED) is 0.147. The van der Waals surface area contributed by atoms with Crippen LogP contribution in [0.2, 0.25) is 0 Å². The molecule has 0 radical (unpaired) electrons. The van der Waals surface area contributed by atoms with Gasteiger partial charge in [-0.05, 0) is 136 Å². The van der Waals surface area contributed by atoms with Crippen LogP contribution in [0.5, 0.6) is 0 Å². The number of benzene rings is 11. The Bertz CT molecular complexity index is 4790. The fourth-order valence-electron chi connectivity index (χ4n) is 8.58. The molecule has 12 rings (SSSR count). The summed E-state index contributed by atoms with van der Waals surface area (Å²) in [4.78, 5) is 0. The predicted molar refractivity (Wildman–Crippen MR) is 255 cm³/mol. The van der Waals surface area contributed by atoms with E-state index in [9.17, 15) is 15.1 Å². The Hall–Kier alpha value is -7.48. The maximum absolute atomic E-state index is 9.68. The molecule has 282 valence electrons. The smallest absolute Gasteiger partial charge is 0.136 e. The van der Waals surface area contributed by atoms with Gasteiger partial charge >= 0.3 is 0 Å². The molecule has 0 unspecified atom stereocenters. The zero-order valence-electron chi connectivity index (χ0n) is 52.5. The van der Waals surface area contributed by atoms with E-state index in [0.717, 1.165) is 27.3 Å². The van der Waals surface area contributed by atoms with Crippen LogP contribution in [0, 0.1) is 0 Å². The van der Waals surface area contributed by atoms with E-state index in [-0.39, 0.29) is 55.4 Å². The molecular formula is C59H40O. The molecule has 0 aliphatic carbocycles. The van der Waals surface area contributed by atoms with Gasteiger partial charge in [-0.1, -0.05) is 188 Å². The summed E-state index contributed by atoms with van der Waals surface area (Å²) in [6.45, 7) is 0. The van der Waals surface area contributed by atoms with Crippen molar-refractivity contribution in [2.75, 3.05) is 0 Å². The first-order valence-corrected chi connectivity index (χ1v) is 19.4. The highest BCUT2D eigenvalue weighted by Gasteiger charge is 2.19. The Kier molecular flexibility index (Phi) is 4.59. The van der Waals surface area contributed by atoms with Crippen LogP contribution in [0.1, 0.15) is 51.0 Å². The Morgan fingerprint density at radius 2 is 1.10 bits per heavy atom. The lowest BCUT2D eigenvalue weighted by molar-refractivity contribution is 0.669. The summed E-state index contributed by atoms with van der Waals surface area (Å²) in [7, 11) is 0. The minimum Gasteiger partial charge on any atom is -0.456 e. The fraction of sp³-hybridized carbons (Fsp3) is 0.0508. The van der Waals surface area contributed by atoms with Crippen molar-refractivity contribution in [1.29, 1.82) is 0 Å². The van der Waals surface area contributed by atoms with E-state index < -0.39 is 162 Å². The second kappa shape index (κ2) is 14.1. The highest BCUT2D eigenvalue weighted by atomic mass is 16.3. The average Bonchev–Trinajstić information content (AvgIpc) is 2.12. The summed E-state index contributed by atoms with van der Waals surface area (Å²) in [5.41, 5.74) is 2.28. The van der Waals surface area contributed by atoms with Crippen molar-refractivity contribution >= 4 is 75.8 Å². The van der Waals surface area contributed by atoms with Crippen molar-refractivity contribution in [3.05, 3.63) is 228 Å². The Morgan fingerprint density at radius 3 is 1.97 bits per heavy atom. The van der Waals surface area contributed by atoms with Gasteiger partial charge in [0.1, 0.15) is 11.2 Å². The molecule has 0 saturated carbocycles. The molecule has 0 aliphatic heterocycles. The standard InChI is InChI=1S/C59H40O/c1-2-15-42-35-38(29-32-40(42)13-1)30-33-50-48-19-5-7-21-51(48)58(52-22-8-6-20-49(50)52)53-26-11-23-45-43(17-10-25-47(45)53)36-39-31-34-56-55(37-39)59-54(27-12-28-57(59)60-56)46-24-9-16-41-14-3-4-18-44(41)46/h1-29,31-32,34-35,37H,30,33,36H2/i1D,2D,5D,6D,7D,8D,10D,11D,13D,15D,17D,19D,20D,21D,22D,23D,25D,26D,29D,32D,35D. The topological polar surface area (TPSA) is 13.1 Å². The summed E-state index contributed by atoms with van der Waals surface area (Å²) >= 11 is 0. The van der Waals surface area contributed by atoms with Crippen LogP contribution in [0.3, 0.4) is 0 Å². The molecule has 1 heterocycles. The number of furan rings is 1.